The van der Waals surface area contributed by atoms with Crippen LogP contribution < -0.4 is 21.7 Å². The van der Waals surface area contributed by atoms with Crippen molar-refractivity contribution in [3.63, 3.8) is 0 Å². The minimum Gasteiger partial charge on any atom is -0.507 e. The van der Waals surface area contributed by atoms with Crippen LogP contribution in [-0.4, -0.2) is 43.6 Å². The second-order valence-corrected chi connectivity index (χ2v) is 14.3. The number of benzene rings is 4. The van der Waals surface area contributed by atoms with E-state index in [1.165, 1.54) is 37.4 Å². The van der Waals surface area contributed by atoms with E-state index >= 15 is 0 Å². The molecule has 4 rings (SSSR count). The summed E-state index contributed by atoms with van der Waals surface area (Å²) in [4.78, 5) is 55.6. The van der Waals surface area contributed by atoms with Crippen molar-refractivity contribution in [3.05, 3.63) is 74.3 Å². The van der Waals surface area contributed by atoms with E-state index < -0.39 is 50.8 Å². The molecule has 0 saturated carbocycles. The highest BCUT2D eigenvalue weighted by atomic mass is 32.2. The first-order valence-corrected chi connectivity index (χ1v) is 17.5. The van der Waals surface area contributed by atoms with Gasteiger partial charge in [0, 0.05) is 83.7 Å². The van der Waals surface area contributed by atoms with E-state index in [1.807, 2.05) is 6.92 Å². The molecule has 5 N–H and O–H groups in total. The Morgan fingerprint density at radius 1 is 0.565 bits per heavy atom. The number of aliphatic hydroxyl groups is 1. The highest BCUT2D eigenvalue weighted by Crippen LogP contribution is 2.54. The lowest BCUT2D eigenvalue weighted by molar-refractivity contribution is 0.322. The molecule has 2 aromatic carbocycles. The molecule has 0 amide bonds. The highest BCUT2D eigenvalue weighted by Gasteiger charge is 2.34. The lowest BCUT2D eigenvalue weighted by Crippen LogP contribution is -2.38. The molecule has 0 spiro atoms. The van der Waals surface area contributed by atoms with E-state index in [0.717, 1.165) is 6.42 Å². The Morgan fingerprint density at radius 2 is 1.15 bits per heavy atom. The van der Waals surface area contributed by atoms with Crippen molar-refractivity contribution in [2.75, 3.05) is 18.1 Å². The van der Waals surface area contributed by atoms with Crippen LogP contribution in [0, 0.1) is 13.8 Å². The van der Waals surface area contributed by atoms with Gasteiger partial charge in [0.2, 0.25) is 10.9 Å². The van der Waals surface area contributed by atoms with E-state index in [9.17, 15) is 44.7 Å². The fraction of sp³-hybridized carbons (Fsp3) is 0.429. The van der Waals surface area contributed by atoms with Crippen LogP contribution in [0.4, 0.5) is 0 Å². The minimum absolute atomic E-state index is 0.00472. The summed E-state index contributed by atoms with van der Waals surface area (Å²) in [6.07, 6.45) is 0.787. The molecular weight excluding hydrogens is 629 g/mol. The molecule has 2 aliphatic rings. The molecule has 2 aromatic rings. The van der Waals surface area contributed by atoms with Gasteiger partial charge in [0.1, 0.15) is 11.5 Å². The van der Waals surface area contributed by atoms with Gasteiger partial charge in [-0.05, 0) is 37.9 Å². The number of hydrogen-bond acceptors (Lipinski definition) is 11. The number of thioether (sulfide) groups is 2. The fourth-order valence-corrected chi connectivity index (χ4v) is 7.99. The van der Waals surface area contributed by atoms with Crippen LogP contribution in [0.25, 0.3) is 33.0 Å². The Labute approximate surface area is 275 Å². The quantitative estimate of drug-likeness (QED) is 0.0594. The third-order valence-corrected chi connectivity index (χ3v) is 10.6. The Bertz CT molecular complexity index is 2020. The Balaban J connectivity index is 2.30. The molecule has 0 heterocycles. The van der Waals surface area contributed by atoms with Gasteiger partial charge in [0.25, 0.3) is 0 Å². The number of phenolic OH excluding ortho intramolecular Hbond substituents is 4. The molecule has 0 radical (unpaired) electrons. The lowest BCUT2D eigenvalue weighted by Gasteiger charge is -2.24. The predicted octanol–water partition coefficient (Wildman–Crippen LogP) is 5.48. The average molecular weight is 669 g/mol. The molecule has 0 atom stereocenters. The largest absolute Gasteiger partial charge is 0.507 e. The first kappa shape index (κ1) is 35.3. The summed E-state index contributed by atoms with van der Waals surface area (Å²) in [5.41, 5.74) is -3.42. The van der Waals surface area contributed by atoms with Crippen LogP contribution in [0.15, 0.2) is 19.2 Å². The van der Waals surface area contributed by atoms with Gasteiger partial charge in [0.15, 0.2) is 22.4 Å². The lowest BCUT2D eigenvalue weighted by atomic mass is 9.80. The SMILES string of the molecule is CCCSCc1c2c(=O)c(-c3c(C)c(O)c4c(C(C)C)c(O)c(O)c(CSCCO)c4c3O)c(C)c(=O)c-2c(C(C)C)c(=O)c1=O. The molecule has 0 fully saturated rings. The summed E-state index contributed by atoms with van der Waals surface area (Å²) in [6, 6.07) is 0. The third kappa shape index (κ3) is 5.56. The molecule has 0 saturated heterocycles. The number of fused-ring (bicyclic) bond motifs is 2. The van der Waals surface area contributed by atoms with Crippen molar-refractivity contribution in [2.45, 2.75) is 78.2 Å². The molecule has 0 aliphatic heterocycles. The molecular formula is C35H40O9S2. The summed E-state index contributed by atoms with van der Waals surface area (Å²) in [7, 11) is 0. The summed E-state index contributed by atoms with van der Waals surface area (Å²) in [6.45, 7) is 11.5. The van der Waals surface area contributed by atoms with Crippen molar-refractivity contribution in [3.8, 4) is 45.3 Å². The van der Waals surface area contributed by atoms with Crippen LogP contribution in [0.2, 0.25) is 0 Å². The Kier molecular flexibility index (Phi) is 10.5. The number of aromatic hydroxyl groups is 4. The molecule has 0 unspecified atom stereocenters. The van der Waals surface area contributed by atoms with Crippen LogP contribution in [-0.2, 0) is 11.5 Å². The van der Waals surface area contributed by atoms with Gasteiger partial charge in [-0.2, -0.15) is 23.5 Å². The second-order valence-electron chi connectivity index (χ2n) is 12.1. The van der Waals surface area contributed by atoms with Gasteiger partial charge >= 0.3 is 0 Å². The van der Waals surface area contributed by atoms with Crippen molar-refractivity contribution >= 4 is 34.3 Å². The molecule has 11 heteroatoms. The number of phenols is 4. The fourth-order valence-electron chi connectivity index (χ4n) is 6.32. The zero-order valence-corrected chi connectivity index (χ0v) is 28.7. The highest BCUT2D eigenvalue weighted by molar-refractivity contribution is 7.98. The van der Waals surface area contributed by atoms with E-state index in [4.69, 9.17) is 0 Å². The van der Waals surface area contributed by atoms with Gasteiger partial charge < -0.3 is 25.5 Å². The molecule has 0 aromatic heterocycles. The molecule has 246 valence electrons. The summed E-state index contributed by atoms with van der Waals surface area (Å²) in [5.74, 6) is -1.75. The first-order chi connectivity index (χ1) is 21.6. The van der Waals surface area contributed by atoms with E-state index in [0.29, 0.717) is 5.75 Å². The average Bonchev–Trinajstić information content (AvgIpc) is 2.99. The maximum absolute atomic E-state index is 14.6. The summed E-state index contributed by atoms with van der Waals surface area (Å²) in [5, 5.41) is 55.4. The van der Waals surface area contributed by atoms with Gasteiger partial charge in [-0.3, -0.25) is 19.2 Å². The molecule has 46 heavy (non-hydrogen) atoms. The third-order valence-electron chi connectivity index (χ3n) is 8.45. The Morgan fingerprint density at radius 3 is 1.72 bits per heavy atom. The van der Waals surface area contributed by atoms with Crippen LogP contribution in [0.3, 0.4) is 0 Å². The standard InChI is InChI=1S/C35H40O9S2/c1-8-10-45-12-18-24-26(20(14(2)3)34(43)30(18)39)28(37)16(6)22(32(24)41)23-17(7)29(38)27-21(15(4)5)35(44)31(40)19(13-46-11-9-36)25(27)33(23)42/h14-15,36,38,40,42,44H,8-13H2,1-7H3. The number of aliphatic hydroxyl groups excluding tert-OH is 1. The maximum Gasteiger partial charge on any atom is 0.230 e. The smallest absolute Gasteiger partial charge is 0.230 e. The minimum atomic E-state index is -0.835. The number of rotatable bonds is 11. The summed E-state index contributed by atoms with van der Waals surface area (Å²) < 4.78 is 0. The summed E-state index contributed by atoms with van der Waals surface area (Å²) >= 11 is 2.58. The normalized spacial score (nSPS) is 12.0. The molecule has 9 nitrogen and oxygen atoms in total. The van der Waals surface area contributed by atoms with Crippen LogP contribution in [0.5, 0.6) is 23.0 Å². The van der Waals surface area contributed by atoms with Gasteiger partial charge in [-0.15, -0.1) is 0 Å². The van der Waals surface area contributed by atoms with Crippen molar-refractivity contribution in [1.29, 1.82) is 0 Å². The van der Waals surface area contributed by atoms with Crippen LogP contribution >= 0.6 is 23.5 Å². The van der Waals surface area contributed by atoms with Gasteiger partial charge in [-0.25, -0.2) is 0 Å². The van der Waals surface area contributed by atoms with E-state index in [2.05, 4.69) is 0 Å². The second kappa shape index (κ2) is 13.7. The van der Waals surface area contributed by atoms with E-state index in [-0.39, 0.29) is 96.0 Å². The van der Waals surface area contributed by atoms with Crippen molar-refractivity contribution in [1.82, 2.24) is 0 Å². The predicted molar refractivity (Wildman–Crippen MR) is 187 cm³/mol. The van der Waals surface area contributed by atoms with Gasteiger partial charge in [-0.1, -0.05) is 34.6 Å². The monoisotopic (exact) mass is 668 g/mol. The maximum atomic E-state index is 14.6. The Hall–Kier alpha value is -3.54. The van der Waals surface area contributed by atoms with Crippen LogP contribution in [0.1, 0.15) is 86.3 Å². The van der Waals surface area contributed by atoms with E-state index in [1.54, 1.807) is 27.7 Å². The number of hydrogen-bond donors (Lipinski definition) is 5. The topological polar surface area (TPSA) is 169 Å². The zero-order chi connectivity index (χ0) is 34.4. The van der Waals surface area contributed by atoms with Crippen molar-refractivity contribution < 1.29 is 25.5 Å². The zero-order valence-electron chi connectivity index (χ0n) is 27.1. The van der Waals surface area contributed by atoms with Crippen molar-refractivity contribution in [2.24, 2.45) is 0 Å². The van der Waals surface area contributed by atoms with Gasteiger partial charge in [0.05, 0.1) is 6.61 Å². The molecule has 0 bridgehead atoms. The molecule has 2 aliphatic carbocycles. The first-order valence-electron chi connectivity index (χ1n) is 15.2.